The van der Waals surface area contributed by atoms with Gasteiger partial charge in [0.2, 0.25) is 0 Å². The highest BCUT2D eigenvalue weighted by Gasteiger charge is 2.23. The van der Waals surface area contributed by atoms with Crippen molar-refractivity contribution in [1.82, 2.24) is 0 Å². The molecular weight excluding hydrogens is 468 g/mol. The third-order valence-electron chi connectivity index (χ3n) is 4.77. The average molecular weight is 519 g/mol. The highest BCUT2D eigenvalue weighted by atomic mass is 16.6. The predicted octanol–water partition coefficient (Wildman–Crippen LogP) is 7.80. The zero-order valence-corrected chi connectivity index (χ0v) is 20.0. The molecule has 2 rings (SSSR count). The Labute approximate surface area is 226 Å². The summed E-state index contributed by atoms with van der Waals surface area (Å²) in [5.41, 5.74) is 2.26. The molecule has 2 aromatic rings. The van der Waals surface area contributed by atoms with Crippen molar-refractivity contribution < 1.29 is 28.5 Å². The van der Waals surface area contributed by atoms with Gasteiger partial charge in [-0.25, -0.2) is 9.59 Å². The molecule has 0 aliphatic carbocycles. The molecule has 0 amide bonds. The van der Waals surface area contributed by atoms with E-state index in [0.717, 1.165) is 30.1 Å². The number of hydrogen-bond acceptors (Lipinski definition) is 6. The zero-order valence-electron chi connectivity index (χ0n) is 20.0. The van der Waals surface area contributed by atoms with Gasteiger partial charge in [-0.05, 0) is 41.8 Å². The van der Waals surface area contributed by atoms with Gasteiger partial charge < -0.3 is 18.9 Å². The van der Waals surface area contributed by atoms with Crippen molar-refractivity contribution in [3.05, 3.63) is 85.0 Å². The third-order valence-corrected chi connectivity index (χ3v) is 4.77. The SMILES string of the molecule is C.C.C.C.C=CC(=O)OCCC.C=CC(=O)OCCOc1ccc(C(C)(C)c2ccc(OC)cc2)cc1. The Bertz CT molecular complexity index is 883. The molecule has 0 aliphatic heterocycles. The fourth-order valence-electron chi connectivity index (χ4n) is 2.76. The molecule has 37 heavy (non-hydrogen) atoms. The van der Waals surface area contributed by atoms with E-state index < -0.39 is 5.97 Å². The molecule has 0 radical (unpaired) electrons. The zero-order chi connectivity index (χ0) is 24.7. The molecule has 0 saturated heterocycles. The molecule has 2 aromatic carbocycles. The summed E-state index contributed by atoms with van der Waals surface area (Å²) >= 11 is 0. The van der Waals surface area contributed by atoms with Crippen molar-refractivity contribution in [3.8, 4) is 11.5 Å². The van der Waals surface area contributed by atoms with Gasteiger partial charge in [0.25, 0.3) is 0 Å². The van der Waals surface area contributed by atoms with Crippen LogP contribution in [0.2, 0.25) is 0 Å². The molecule has 0 heterocycles. The van der Waals surface area contributed by atoms with Gasteiger partial charge in [0, 0.05) is 17.6 Å². The van der Waals surface area contributed by atoms with Crippen molar-refractivity contribution in [1.29, 1.82) is 0 Å². The molecule has 0 atom stereocenters. The van der Waals surface area contributed by atoms with Crippen LogP contribution in [0.4, 0.5) is 0 Å². The highest BCUT2D eigenvalue weighted by molar-refractivity contribution is 5.81. The number of hydrogen-bond donors (Lipinski definition) is 0. The predicted molar refractivity (Wildman–Crippen MR) is 157 cm³/mol. The topological polar surface area (TPSA) is 71.1 Å². The first-order valence-electron chi connectivity index (χ1n) is 10.7. The van der Waals surface area contributed by atoms with Gasteiger partial charge in [-0.2, -0.15) is 0 Å². The Balaban J connectivity index is -0.000000397. The molecule has 6 heteroatoms. The first-order chi connectivity index (χ1) is 15.8. The van der Waals surface area contributed by atoms with E-state index in [4.69, 9.17) is 14.2 Å². The third kappa shape index (κ3) is 14.6. The van der Waals surface area contributed by atoms with Gasteiger partial charge >= 0.3 is 11.9 Å². The van der Waals surface area contributed by atoms with Crippen LogP contribution in [0.5, 0.6) is 11.5 Å². The van der Waals surface area contributed by atoms with Crippen LogP contribution in [0.1, 0.15) is 68.0 Å². The van der Waals surface area contributed by atoms with Crippen LogP contribution in [0, 0.1) is 0 Å². The second-order valence-electron chi connectivity index (χ2n) is 7.47. The van der Waals surface area contributed by atoms with Gasteiger partial charge in [-0.3, -0.25) is 0 Å². The summed E-state index contributed by atoms with van der Waals surface area (Å²) in [6, 6.07) is 16.1. The van der Waals surface area contributed by atoms with Crippen LogP contribution in [-0.2, 0) is 24.5 Å². The fourth-order valence-corrected chi connectivity index (χ4v) is 2.76. The van der Waals surface area contributed by atoms with Gasteiger partial charge in [0.05, 0.1) is 13.7 Å². The van der Waals surface area contributed by atoms with Gasteiger partial charge in [0.15, 0.2) is 0 Å². The minimum Gasteiger partial charge on any atom is -0.497 e. The van der Waals surface area contributed by atoms with E-state index in [2.05, 4.69) is 56.0 Å². The summed E-state index contributed by atoms with van der Waals surface area (Å²) in [7, 11) is 1.66. The highest BCUT2D eigenvalue weighted by Crippen LogP contribution is 2.33. The summed E-state index contributed by atoms with van der Waals surface area (Å²) in [4.78, 5) is 21.2. The lowest BCUT2D eigenvalue weighted by Gasteiger charge is -2.26. The number of ether oxygens (including phenoxy) is 4. The van der Waals surface area contributed by atoms with E-state index in [9.17, 15) is 9.59 Å². The molecule has 210 valence electrons. The molecule has 0 unspecified atom stereocenters. The van der Waals surface area contributed by atoms with Crippen molar-refractivity contribution in [3.63, 3.8) is 0 Å². The Morgan fingerprint density at radius 3 is 1.51 bits per heavy atom. The number of methoxy groups -OCH3 is 1. The Hall–Kier alpha value is -3.54. The van der Waals surface area contributed by atoms with Crippen LogP contribution in [0.15, 0.2) is 73.8 Å². The summed E-state index contributed by atoms with van der Waals surface area (Å²) < 4.78 is 20.3. The molecule has 0 bridgehead atoms. The maximum atomic E-state index is 10.9. The molecule has 0 aromatic heterocycles. The lowest BCUT2D eigenvalue weighted by molar-refractivity contribution is -0.139. The minimum atomic E-state index is -0.444. The Morgan fingerprint density at radius 2 is 1.14 bits per heavy atom. The van der Waals surface area contributed by atoms with Crippen LogP contribution in [0.3, 0.4) is 0 Å². The summed E-state index contributed by atoms with van der Waals surface area (Å²) in [5.74, 6) is 0.802. The minimum absolute atomic E-state index is 0. The monoisotopic (exact) mass is 518 g/mol. The van der Waals surface area contributed by atoms with Crippen LogP contribution >= 0.6 is 0 Å². The fraction of sp³-hybridized carbons (Fsp3) is 0.419. The molecule has 0 N–H and O–H groups in total. The van der Waals surface area contributed by atoms with E-state index >= 15 is 0 Å². The summed E-state index contributed by atoms with van der Waals surface area (Å²) in [6.45, 7) is 13.9. The summed E-state index contributed by atoms with van der Waals surface area (Å²) in [6.07, 6.45) is 3.16. The van der Waals surface area contributed by atoms with Gasteiger partial charge in [-0.1, -0.05) is 87.9 Å². The van der Waals surface area contributed by atoms with E-state index in [1.165, 1.54) is 11.1 Å². The van der Waals surface area contributed by atoms with Crippen molar-refractivity contribution >= 4 is 11.9 Å². The molecule has 0 spiro atoms. The molecule has 0 fully saturated rings. The van der Waals surface area contributed by atoms with Gasteiger partial charge in [-0.15, -0.1) is 0 Å². The second-order valence-corrected chi connectivity index (χ2v) is 7.47. The molecule has 0 aliphatic rings. The average Bonchev–Trinajstić information content (AvgIpc) is 2.85. The summed E-state index contributed by atoms with van der Waals surface area (Å²) in [5, 5.41) is 0. The number of carbonyl (C=O) groups excluding carboxylic acids is 2. The standard InChI is InChI=1S/C21H24O4.C6H10O2.4CH4/c1-5-20(22)25-15-14-24-19-12-8-17(9-13-19)21(2,3)16-6-10-18(23-4)11-7-16;1-3-5-8-6(7)4-2;;;;/h5-13H,1,14-15H2,2-4H3;4H,2-3,5H2,1H3;4*1H4. The van der Waals surface area contributed by atoms with Crippen LogP contribution < -0.4 is 9.47 Å². The van der Waals surface area contributed by atoms with E-state index in [-0.39, 0.29) is 47.7 Å². The van der Waals surface area contributed by atoms with Crippen LogP contribution in [0.25, 0.3) is 0 Å². The van der Waals surface area contributed by atoms with Crippen molar-refractivity contribution in [2.75, 3.05) is 26.9 Å². The Morgan fingerprint density at radius 1 is 0.730 bits per heavy atom. The maximum Gasteiger partial charge on any atom is 0.330 e. The largest absolute Gasteiger partial charge is 0.497 e. The molecule has 0 saturated carbocycles. The number of esters is 2. The van der Waals surface area contributed by atoms with E-state index in [1.54, 1.807) is 7.11 Å². The maximum absolute atomic E-state index is 10.9. The lowest BCUT2D eigenvalue weighted by atomic mass is 9.78. The quantitative estimate of drug-likeness (QED) is 0.172. The Kier molecular flexibility index (Phi) is 23.8. The van der Waals surface area contributed by atoms with Crippen LogP contribution in [-0.4, -0.2) is 38.9 Å². The van der Waals surface area contributed by atoms with Gasteiger partial charge in [0.1, 0.15) is 24.7 Å². The first kappa shape index (κ1) is 40.6. The molecular formula is C31H50O6. The molecule has 6 nitrogen and oxygen atoms in total. The smallest absolute Gasteiger partial charge is 0.330 e. The number of benzene rings is 2. The normalized spacial score (nSPS) is 9.08. The second kappa shape index (κ2) is 21.7. The number of carbonyl (C=O) groups is 2. The van der Waals surface area contributed by atoms with E-state index in [1.807, 2.05) is 31.2 Å². The first-order valence-corrected chi connectivity index (χ1v) is 10.7. The lowest BCUT2D eigenvalue weighted by Crippen LogP contribution is -2.18. The number of rotatable bonds is 11. The van der Waals surface area contributed by atoms with Crippen molar-refractivity contribution in [2.24, 2.45) is 0 Å². The van der Waals surface area contributed by atoms with E-state index in [0.29, 0.717) is 13.2 Å². The van der Waals surface area contributed by atoms with Crippen molar-refractivity contribution in [2.45, 2.75) is 62.3 Å².